The van der Waals surface area contributed by atoms with Gasteiger partial charge >= 0.3 is 0 Å². The number of piperidine rings is 1. The van der Waals surface area contributed by atoms with Crippen LogP contribution in [-0.2, 0) is 0 Å². The van der Waals surface area contributed by atoms with E-state index in [9.17, 15) is 0 Å². The van der Waals surface area contributed by atoms with E-state index in [2.05, 4.69) is 24.8 Å². The minimum absolute atomic E-state index is 0.0980. The van der Waals surface area contributed by atoms with Gasteiger partial charge in [-0.1, -0.05) is 26.0 Å². The Morgan fingerprint density at radius 2 is 2.12 bits per heavy atom. The third-order valence-corrected chi connectivity index (χ3v) is 3.68. The molecule has 0 amide bonds. The van der Waals surface area contributed by atoms with Crippen molar-refractivity contribution in [3.63, 3.8) is 0 Å². The van der Waals surface area contributed by atoms with E-state index in [-0.39, 0.29) is 11.5 Å². The summed E-state index contributed by atoms with van der Waals surface area (Å²) < 4.78 is 0. The summed E-state index contributed by atoms with van der Waals surface area (Å²) in [5, 5.41) is 9.13. The van der Waals surface area contributed by atoms with Crippen LogP contribution in [0.2, 0.25) is 0 Å². The van der Waals surface area contributed by atoms with Gasteiger partial charge in [-0.25, -0.2) is 0 Å². The van der Waals surface area contributed by atoms with Gasteiger partial charge in [0.05, 0.1) is 11.3 Å². The third kappa shape index (κ3) is 2.27. The summed E-state index contributed by atoms with van der Waals surface area (Å²) in [6.45, 7) is 6.23. The van der Waals surface area contributed by atoms with Gasteiger partial charge in [0, 0.05) is 19.1 Å². The first-order valence-electron chi connectivity index (χ1n) is 6.04. The summed E-state index contributed by atoms with van der Waals surface area (Å²) in [5.74, 6) is 0. The number of para-hydroxylation sites is 1. The van der Waals surface area contributed by atoms with Crippen LogP contribution in [0.5, 0.6) is 0 Å². The molecule has 1 aliphatic heterocycles. The standard InChI is InChI=1S/C14H19N3/c1-14(2)10-17(8-7-13(14)16)12-6-4-3-5-11(12)9-15/h3-6,13H,7-8,10,16H2,1-2H3/t13-/m0/s1. The van der Waals surface area contributed by atoms with Gasteiger partial charge < -0.3 is 10.6 Å². The van der Waals surface area contributed by atoms with Crippen molar-refractivity contribution in [1.29, 1.82) is 5.26 Å². The van der Waals surface area contributed by atoms with Gasteiger partial charge in [-0.3, -0.25) is 0 Å². The summed E-state index contributed by atoms with van der Waals surface area (Å²) in [6, 6.07) is 10.3. The minimum atomic E-state index is 0.0980. The Kier molecular flexibility index (Phi) is 3.08. The predicted molar refractivity (Wildman–Crippen MR) is 69.7 cm³/mol. The summed E-state index contributed by atoms with van der Waals surface area (Å²) in [7, 11) is 0. The second-order valence-electron chi connectivity index (χ2n) is 5.43. The van der Waals surface area contributed by atoms with Gasteiger partial charge in [0.1, 0.15) is 6.07 Å². The van der Waals surface area contributed by atoms with E-state index in [1.165, 1.54) is 0 Å². The molecular formula is C14H19N3. The molecule has 0 radical (unpaired) electrons. The molecule has 17 heavy (non-hydrogen) atoms. The molecule has 1 aliphatic rings. The molecule has 1 fully saturated rings. The average molecular weight is 229 g/mol. The summed E-state index contributed by atoms with van der Waals surface area (Å²) >= 11 is 0. The Balaban J connectivity index is 2.27. The number of nitrogens with zero attached hydrogens (tertiary/aromatic N) is 2. The SMILES string of the molecule is CC1(C)CN(c2ccccc2C#N)CC[C@@H]1N. The first kappa shape index (κ1) is 11.9. The lowest BCUT2D eigenvalue weighted by Crippen LogP contribution is -2.52. The molecule has 90 valence electrons. The molecule has 0 spiro atoms. The van der Waals surface area contributed by atoms with Crippen molar-refractivity contribution in [3.8, 4) is 6.07 Å². The van der Waals surface area contributed by atoms with Crippen molar-refractivity contribution in [2.24, 2.45) is 11.1 Å². The van der Waals surface area contributed by atoms with Crippen LogP contribution >= 0.6 is 0 Å². The van der Waals surface area contributed by atoms with Crippen LogP contribution in [0.4, 0.5) is 5.69 Å². The molecule has 0 unspecified atom stereocenters. The first-order chi connectivity index (χ1) is 8.04. The molecule has 2 N–H and O–H groups in total. The number of nitriles is 1. The molecule has 0 aromatic heterocycles. The second kappa shape index (κ2) is 4.38. The molecule has 1 atom stereocenters. The summed E-state index contributed by atoms with van der Waals surface area (Å²) in [4.78, 5) is 2.28. The fraction of sp³-hybridized carbons (Fsp3) is 0.500. The maximum absolute atomic E-state index is 9.13. The molecule has 1 aromatic rings. The largest absolute Gasteiger partial charge is 0.370 e. The molecule has 0 saturated carbocycles. The van der Waals surface area contributed by atoms with E-state index >= 15 is 0 Å². The van der Waals surface area contributed by atoms with Crippen LogP contribution in [0.15, 0.2) is 24.3 Å². The molecule has 1 aromatic carbocycles. The Hall–Kier alpha value is -1.53. The van der Waals surface area contributed by atoms with Crippen LogP contribution in [0, 0.1) is 16.7 Å². The Bertz CT molecular complexity index is 445. The highest BCUT2D eigenvalue weighted by Crippen LogP contribution is 2.32. The molecule has 1 heterocycles. The van der Waals surface area contributed by atoms with E-state index in [4.69, 9.17) is 11.0 Å². The number of anilines is 1. The molecule has 3 nitrogen and oxygen atoms in total. The fourth-order valence-electron chi connectivity index (χ4n) is 2.42. The highest BCUT2D eigenvalue weighted by atomic mass is 15.2. The van der Waals surface area contributed by atoms with Crippen molar-refractivity contribution in [1.82, 2.24) is 0 Å². The quantitative estimate of drug-likeness (QED) is 0.802. The molecule has 2 rings (SSSR count). The second-order valence-corrected chi connectivity index (χ2v) is 5.43. The Morgan fingerprint density at radius 3 is 2.76 bits per heavy atom. The smallest absolute Gasteiger partial charge is 0.101 e. The van der Waals surface area contributed by atoms with Gasteiger partial charge in [-0.15, -0.1) is 0 Å². The third-order valence-electron chi connectivity index (χ3n) is 3.68. The van der Waals surface area contributed by atoms with Gasteiger partial charge in [0.2, 0.25) is 0 Å². The number of hydrogen-bond donors (Lipinski definition) is 1. The summed E-state index contributed by atoms with van der Waals surface area (Å²) in [6.07, 6.45) is 0.979. The van der Waals surface area contributed by atoms with Gasteiger partial charge in [0.15, 0.2) is 0 Å². The predicted octanol–water partition coefficient (Wildman–Crippen LogP) is 2.12. The highest BCUT2D eigenvalue weighted by molar-refractivity contribution is 5.59. The molecular weight excluding hydrogens is 210 g/mol. The van der Waals surface area contributed by atoms with Gasteiger partial charge in [-0.2, -0.15) is 5.26 Å². The Morgan fingerprint density at radius 1 is 1.41 bits per heavy atom. The zero-order valence-electron chi connectivity index (χ0n) is 10.5. The zero-order valence-corrected chi connectivity index (χ0v) is 10.5. The van der Waals surface area contributed by atoms with Crippen molar-refractivity contribution in [2.45, 2.75) is 26.3 Å². The maximum Gasteiger partial charge on any atom is 0.101 e. The average Bonchev–Trinajstić information content (AvgIpc) is 2.32. The van der Waals surface area contributed by atoms with E-state index < -0.39 is 0 Å². The van der Waals surface area contributed by atoms with Gasteiger partial charge in [0.25, 0.3) is 0 Å². The molecule has 3 heteroatoms. The van der Waals surface area contributed by atoms with Crippen LogP contribution < -0.4 is 10.6 Å². The van der Waals surface area contributed by atoms with Gasteiger partial charge in [-0.05, 0) is 24.0 Å². The first-order valence-corrected chi connectivity index (χ1v) is 6.04. The summed E-state index contributed by atoms with van der Waals surface area (Å²) in [5.41, 5.74) is 8.02. The maximum atomic E-state index is 9.13. The van der Waals surface area contributed by atoms with Crippen molar-refractivity contribution in [3.05, 3.63) is 29.8 Å². The van der Waals surface area contributed by atoms with Crippen LogP contribution in [0.25, 0.3) is 0 Å². The van der Waals surface area contributed by atoms with E-state index in [1.807, 2.05) is 24.3 Å². The molecule has 1 saturated heterocycles. The highest BCUT2D eigenvalue weighted by Gasteiger charge is 2.33. The van der Waals surface area contributed by atoms with E-state index in [0.29, 0.717) is 0 Å². The molecule has 0 bridgehead atoms. The van der Waals surface area contributed by atoms with E-state index in [0.717, 1.165) is 30.8 Å². The normalized spacial score (nSPS) is 23.2. The van der Waals surface area contributed by atoms with E-state index in [1.54, 1.807) is 0 Å². The Labute approximate surface area is 103 Å². The molecule has 0 aliphatic carbocycles. The fourth-order valence-corrected chi connectivity index (χ4v) is 2.42. The van der Waals surface area contributed by atoms with Crippen LogP contribution in [-0.4, -0.2) is 19.1 Å². The number of rotatable bonds is 1. The lowest BCUT2D eigenvalue weighted by atomic mass is 9.79. The van der Waals surface area contributed by atoms with Crippen LogP contribution in [0.1, 0.15) is 25.8 Å². The monoisotopic (exact) mass is 229 g/mol. The minimum Gasteiger partial charge on any atom is -0.370 e. The lowest BCUT2D eigenvalue weighted by molar-refractivity contribution is 0.245. The van der Waals surface area contributed by atoms with Crippen molar-refractivity contribution in [2.75, 3.05) is 18.0 Å². The lowest BCUT2D eigenvalue weighted by Gasteiger charge is -2.43. The van der Waals surface area contributed by atoms with Crippen molar-refractivity contribution >= 4 is 5.69 Å². The number of benzene rings is 1. The number of hydrogen-bond acceptors (Lipinski definition) is 3. The zero-order chi connectivity index (χ0) is 12.5. The van der Waals surface area contributed by atoms with Crippen molar-refractivity contribution < 1.29 is 0 Å². The topological polar surface area (TPSA) is 53.0 Å². The number of nitrogens with two attached hydrogens (primary N) is 1. The van der Waals surface area contributed by atoms with Crippen LogP contribution in [0.3, 0.4) is 0 Å².